The average molecular weight is 380 g/mol. The van der Waals surface area contributed by atoms with Crippen LogP contribution in [-0.2, 0) is 11.2 Å². The van der Waals surface area contributed by atoms with Crippen LogP contribution >= 0.6 is 0 Å². The van der Waals surface area contributed by atoms with Gasteiger partial charge in [-0.1, -0.05) is 51.9 Å². The van der Waals surface area contributed by atoms with Crippen molar-refractivity contribution in [1.82, 2.24) is 9.97 Å². The van der Waals surface area contributed by atoms with Crippen LogP contribution in [0.3, 0.4) is 0 Å². The van der Waals surface area contributed by atoms with Gasteiger partial charge in [-0.25, -0.2) is 4.99 Å². The molecule has 2 aromatic rings. The van der Waals surface area contributed by atoms with Gasteiger partial charge in [-0.2, -0.15) is 0 Å². The summed E-state index contributed by atoms with van der Waals surface area (Å²) < 4.78 is 5.51. The van der Waals surface area contributed by atoms with Crippen LogP contribution < -0.4 is 0 Å². The second kappa shape index (κ2) is 10.7. The zero-order valence-electron chi connectivity index (χ0n) is 17.3. The fraction of sp³-hybridized carbons (Fsp3) is 0.458. The van der Waals surface area contributed by atoms with Crippen LogP contribution in [0.4, 0.5) is 0 Å². The zero-order valence-corrected chi connectivity index (χ0v) is 17.3. The summed E-state index contributed by atoms with van der Waals surface area (Å²) in [6.45, 7) is 2.27. The molecule has 4 heteroatoms. The van der Waals surface area contributed by atoms with Crippen LogP contribution in [0.2, 0.25) is 0 Å². The summed E-state index contributed by atoms with van der Waals surface area (Å²) in [7, 11) is 1.69. The first-order valence-corrected chi connectivity index (χ1v) is 10.7. The number of aromatic amines is 2. The predicted molar refractivity (Wildman–Crippen MR) is 118 cm³/mol. The number of unbranched alkanes of at least 4 members (excludes halogenated alkanes) is 7. The van der Waals surface area contributed by atoms with Crippen molar-refractivity contribution in [3.05, 3.63) is 65.1 Å². The molecule has 3 heterocycles. The Kier molecular flexibility index (Phi) is 7.77. The van der Waals surface area contributed by atoms with Gasteiger partial charge in [-0.3, -0.25) is 0 Å². The number of nitrogens with zero attached hydrogens (tertiary/aromatic N) is 1. The SMILES string of the molecule is CCCCCCCCCCc1ccc(/C=C2/N=C(c3ccc[nH]3)C=C2OC)[nH]1. The number of H-pyrrole nitrogens is 2. The molecule has 1 aliphatic heterocycles. The largest absolute Gasteiger partial charge is 0.494 e. The molecule has 2 aromatic heterocycles. The first-order valence-electron chi connectivity index (χ1n) is 10.7. The average Bonchev–Trinajstić information content (AvgIpc) is 3.45. The van der Waals surface area contributed by atoms with Crippen molar-refractivity contribution in [1.29, 1.82) is 0 Å². The smallest absolute Gasteiger partial charge is 0.146 e. The lowest BCUT2D eigenvalue weighted by Crippen LogP contribution is -1.93. The molecule has 0 unspecified atom stereocenters. The predicted octanol–water partition coefficient (Wildman–Crippen LogP) is 6.40. The summed E-state index contributed by atoms with van der Waals surface area (Å²) >= 11 is 0. The third kappa shape index (κ3) is 5.75. The maximum absolute atomic E-state index is 5.51. The van der Waals surface area contributed by atoms with Gasteiger partial charge in [0.1, 0.15) is 11.5 Å². The van der Waals surface area contributed by atoms with Crippen LogP contribution in [0.25, 0.3) is 6.08 Å². The Balaban J connectivity index is 1.49. The van der Waals surface area contributed by atoms with Gasteiger partial charge in [-0.15, -0.1) is 0 Å². The summed E-state index contributed by atoms with van der Waals surface area (Å²) in [5.41, 5.74) is 5.13. The molecule has 0 spiro atoms. The third-order valence-corrected chi connectivity index (χ3v) is 5.22. The molecular formula is C24H33N3O. The highest BCUT2D eigenvalue weighted by Gasteiger charge is 2.17. The Morgan fingerprint density at radius 2 is 1.79 bits per heavy atom. The molecule has 1 aliphatic rings. The number of aryl methyl sites for hydroxylation is 1. The first kappa shape index (κ1) is 20.2. The number of hydrogen-bond acceptors (Lipinski definition) is 2. The quantitative estimate of drug-likeness (QED) is 0.412. The lowest BCUT2D eigenvalue weighted by atomic mass is 10.1. The van der Waals surface area contributed by atoms with E-state index in [-0.39, 0.29) is 0 Å². The van der Waals surface area contributed by atoms with E-state index >= 15 is 0 Å². The molecule has 3 rings (SSSR count). The minimum atomic E-state index is 0.795. The van der Waals surface area contributed by atoms with E-state index < -0.39 is 0 Å². The first-order chi connectivity index (χ1) is 13.8. The van der Waals surface area contributed by atoms with Crippen LogP contribution in [0.15, 0.2) is 53.0 Å². The van der Waals surface area contributed by atoms with E-state index in [0.717, 1.165) is 35.0 Å². The number of hydrogen-bond donors (Lipinski definition) is 2. The number of rotatable bonds is 12. The van der Waals surface area contributed by atoms with Gasteiger partial charge in [0, 0.05) is 23.7 Å². The highest BCUT2D eigenvalue weighted by Crippen LogP contribution is 2.24. The van der Waals surface area contributed by atoms with Crippen molar-refractivity contribution < 1.29 is 4.74 Å². The van der Waals surface area contributed by atoms with Gasteiger partial charge in [0.15, 0.2) is 0 Å². The molecule has 0 saturated heterocycles. The third-order valence-electron chi connectivity index (χ3n) is 5.22. The molecule has 0 bridgehead atoms. The molecule has 0 radical (unpaired) electrons. The number of aromatic nitrogens is 2. The van der Waals surface area contributed by atoms with Crippen molar-refractivity contribution in [2.45, 2.75) is 64.7 Å². The molecule has 0 fully saturated rings. The second-order valence-electron chi connectivity index (χ2n) is 7.49. The van der Waals surface area contributed by atoms with E-state index in [0.29, 0.717) is 0 Å². The molecule has 4 nitrogen and oxygen atoms in total. The molecule has 0 atom stereocenters. The Morgan fingerprint density at radius 1 is 1.00 bits per heavy atom. The highest BCUT2D eigenvalue weighted by molar-refractivity contribution is 6.11. The van der Waals surface area contributed by atoms with Gasteiger partial charge in [0.05, 0.1) is 18.5 Å². The fourth-order valence-corrected chi connectivity index (χ4v) is 3.60. The topological polar surface area (TPSA) is 53.2 Å². The number of nitrogens with one attached hydrogen (secondary N) is 2. The van der Waals surface area contributed by atoms with Crippen molar-refractivity contribution in [3.63, 3.8) is 0 Å². The van der Waals surface area contributed by atoms with E-state index in [1.165, 1.54) is 57.1 Å². The minimum absolute atomic E-state index is 0.795. The Labute approximate surface area is 168 Å². The van der Waals surface area contributed by atoms with E-state index in [1.54, 1.807) is 7.11 Å². The van der Waals surface area contributed by atoms with Gasteiger partial charge < -0.3 is 14.7 Å². The Hall–Kier alpha value is -2.49. The highest BCUT2D eigenvalue weighted by atomic mass is 16.5. The van der Waals surface area contributed by atoms with Crippen molar-refractivity contribution in [2.24, 2.45) is 4.99 Å². The molecular weight excluding hydrogens is 346 g/mol. The molecule has 28 heavy (non-hydrogen) atoms. The summed E-state index contributed by atoms with van der Waals surface area (Å²) in [5.74, 6) is 0.795. The van der Waals surface area contributed by atoms with Crippen molar-refractivity contribution in [2.75, 3.05) is 7.11 Å². The number of methoxy groups -OCH3 is 1. The second-order valence-corrected chi connectivity index (χ2v) is 7.49. The Morgan fingerprint density at radius 3 is 2.50 bits per heavy atom. The zero-order chi connectivity index (χ0) is 19.6. The molecule has 0 saturated carbocycles. The van der Waals surface area contributed by atoms with Crippen LogP contribution in [0.5, 0.6) is 0 Å². The number of allylic oxidation sites excluding steroid dienone is 1. The molecule has 2 N–H and O–H groups in total. The Bertz CT molecular complexity index is 809. The van der Waals surface area contributed by atoms with Crippen LogP contribution in [0.1, 0.15) is 75.4 Å². The van der Waals surface area contributed by atoms with E-state index in [1.807, 2.05) is 24.4 Å². The van der Waals surface area contributed by atoms with Crippen LogP contribution in [0, 0.1) is 0 Å². The van der Waals surface area contributed by atoms with Gasteiger partial charge >= 0.3 is 0 Å². The molecule has 0 aliphatic carbocycles. The molecule has 0 amide bonds. The summed E-state index contributed by atoms with van der Waals surface area (Å²) in [5, 5.41) is 0. The van der Waals surface area contributed by atoms with Crippen molar-refractivity contribution >= 4 is 11.8 Å². The lowest BCUT2D eigenvalue weighted by Gasteiger charge is -2.02. The molecule has 150 valence electrons. The van der Waals surface area contributed by atoms with Gasteiger partial charge in [0.25, 0.3) is 0 Å². The van der Waals surface area contributed by atoms with Gasteiger partial charge in [-0.05, 0) is 43.2 Å². The lowest BCUT2D eigenvalue weighted by molar-refractivity contribution is 0.303. The van der Waals surface area contributed by atoms with Gasteiger partial charge in [0.2, 0.25) is 0 Å². The monoisotopic (exact) mass is 379 g/mol. The summed E-state index contributed by atoms with van der Waals surface area (Å²) in [4.78, 5) is 11.4. The van der Waals surface area contributed by atoms with Crippen molar-refractivity contribution in [3.8, 4) is 0 Å². The summed E-state index contributed by atoms with van der Waals surface area (Å²) in [6, 6.07) is 8.31. The van der Waals surface area contributed by atoms with E-state index in [9.17, 15) is 0 Å². The minimum Gasteiger partial charge on any atom is -0.494 e. The fourth-order valence-electron chi connectivity index (χ4n) is 3.60. The standard InChI is InChI=1S/C24H33N3O/c1-3-4-5-6-7-8-9-10-12-19-14-15-20(26-19)17-23-24(28-2)18-22(27-23)21-13-11-16-25-21/h11,13-18,25-26H,3-10,12H2,1-2H3/b23-17+. The molecule has 0 aromatic carbocycles. The maximum atomic E-state index is 5.51. The van der Waals surface area contributed by atoms with E-state index in [4.69, 9.17) is 9.73 Å². The number of ether oxygens (including phenoxy) is 1. The number of aliphatic imine (C=N–C) groups is 1. The summed E-state index contributed by atoms with van der Waals surface area (Å²) in [6.07, 6.45) is 17.9. The normalized spacial score (nSPS) is 15.1. The van der Waals surface area contributed by atoms with Crippen LogP contribution in [-0.4, -0.2) is 22.8 Å². The maximum Gasteiger partial charge on any atom is 0.146 e. The van der Waals surface area contributed by atoms with E-state index in [2.05, 4.69) is 35.1 Å².